The van der Waals surface area contributed by atoms with Crippen LogP contribution in [0.5, 0.6) is 5.75 Å². The molecule has 0 saturated carbocycles. The molecule has 2 atom stereocenters. The first kappa shape index (κ1) is 13.9. The molecule has 1 aromatic carbocycles. The molecule has 3 heteroatoms. The fourth-order valence-corrected chi connectivity index (χ4v) is 3.56. The summed E-state index contributed by atoms with van der Waals surface area (Å²) in [6.07, 6.45) is 5.42. The minimum Gasteiger partial charge on any atom is -0.492 e. The average Bonchev–Trinajstić information content (AvgIpc) is 2.77. The highest BCUT2D eigenvalue weighted by molar-refractivity contribution is 5.38. The second-order valence-electron chi connectivity index (χ2n) is 5.90. The first-order chi connectivity index (χ1) is 9.90. The van der Waals surface area contributed by atoms with Crippen molar-refractivity contribution in [2.45, 2.75) is 44.7 Å². The lowest BCUT2D eigenvalue weighted by Crippen LogP contribution is -2.50. The van der Waals surface area contributed by atoms with Crippen LogP contribution in [0.1, 0.15) is 44.2 Å². The fraction of sp³-hybridized carbons (Fsp3) is 0.647. The van der Waals surface area contributed by atoms with E-state index in [0.29, 0.717) is 12.1 Å². The van der Waals surface area contributed by atoms with Crippen LogP contribution in [0.3, 0.4) is 0 Å². The quantitative estimate of drug-likeness (QED) is 0.917. The van der Waals surface area contributed by atoms with Crippen molar-refractivity contribution >= 4 is 0 Å². The molecule has 1 fully saturated rings. The maximum atomic E-state index is 6.03. The monoisotopic (exact) mass is 274 g/mol. The molecule has 3 rings (SSSR count). The summed E-state index contributed by atoms with van der Waals surface area (Å²) in [7, 11) is 0. The fourth-order valence-electron chi connectivity index (χ4n) is 3.56. The molecule has 3 nitrogen and oxygen atoms in total. The minimum atomic E-state index is 0.406. The van der Waals surface area contributed by atoms with E-state index in [4.69, 9.17) is 4.74 Å². The third-order valence-corrected chi connectivity index (χ3v) is 4.58. The highest BCUT2D eigenvalue weighted by Crippen LogP contribution is 2.34. The highest BCUT2D eigenvalue weighted by atomic mass is 16.5. The van der Waals surface area contributed by atoms with Gasteiger partial charge in [-0.15, -0.1) is 0 Å². The van der Waals surface area contributed by atoms with Crippen molar-refractivity contribution in [3.05, 3.63) is 29.8 Å². The number of likely N-dealkylation sites (N-methyl/N-ethyl adjacent to an activating group) is 1. The van der Waals surface area contributed by atoms with E-state index in [1.807, 2.05) is 0 Å². The SMILES string of the molecule is CCNC1c2ccccc2OCC1N1CCCCCC1. The van der Waals surface area contributed by atoms with E-state index in [-0.39, 0.29) is 0 Å². The molecule has 110 valence electrons. The number of likely N-dealkylation sites (tertiary alicyclic amines) is 1. The van der Waals surface area contributed by atoms with Crippen molar-refractivity contribution in [2.24, 2.45) is 0 Å². The molecule has 2 aliphatic heterocycles. The van der Waals surface area contributed by atoms with E-state index in [9.17, 15) is 0 Å². The maximum absolute atomic E-state index is 6.03. The molecule has 0 aromatic heterocycles. The largest absolute Gasteiger partial charge is 0.492 e. The molecule has 1 saturated heterocycles. The minimum absolute atomic E-state index is 0.406. The van der Waals surface area contributed by atoms with Gasteiger partial charge in [0, 0.05) is 5.56 Å². The van der Waals surface area contributed by atoms with Crippen LogP contribution >= 0.6 is 0 Å². The molecule has 0 aliphatic carbocycles. The molecule has 2 unspecified atom stereocenters. The van der Waals surface area contributed by atoms with Crippen LogP contribution in [0.15, 0.2) is 24.3 Å². The molecule has 0 radical (unpaired) electrons. The molecule has 0 amide bonds. The normalized spacial score (nSPS) is 27.4. The van der Waals surface area contributed by atoms with Crippen LogP contribution in [0.4, 0.5) is 0 Å². The van der Waals surface area contributed by atoms with Gasteiger partial charge in [-0.05, 0) is 38.5 Å². The summed E-state index contributed by atoms with van der Waals surface area (Å²) >= 11 is 0. The maximum Gasteiger partial charge on any atom is 0.124 e. The molecular formula is C17H26N2O. The Balaban J connectivity index is 1.83. The molecule has 0 spiro atoms. The van der Waals surface area contributed by atoms with E-state index in [2.05, 4.69) is 41.4 Å². The Bertz CT molecular complexity index is 427. The van der Waals surface area contributed by atoms with Crippen LogP contribution in [-0.4, -0.2) is 37.2 Å². The molecule has 20 heavy (non-hydrogen) atoms. The summed E-state index contributed by atoms with van der Waals surface area (Å²) in [5, 5.41) is 3.69. The van der Waals surface area contributed by atoms with Crippen LogP contribution in [-0.2, 0) is 0 Å². The van der Waals surface area contributed by atoms with Crippen LogP contribution in [0.2, 0.25) is 0 Å². The van der Waals surface area contributed by atoms with E-state index >= 15 is 0 Å². The zero-order valence-corrected chi connectivity index (χ0v) is 12.5. The Morgan fingerprint density at radius 3 is 2.65 bits per heavy atom. The van der Waals surface area contributed by atoms with E-state index in [1.54, 1.807) is 0 Å². The Kier molecular flexibility index (Phi) is 4.58. The van der Waals surface area contributed by atoms with Crippen LogP contribution < -0.4 is 10.1 Å². The van der Waals surface area contributed by atoms with E-state index < -0.39 is 0 Å². The number of para-hydroxylation sites is 1. The lowest BCUT2D eigenvalue weighted by Gasteiger charge is -2.40. The Morgan fingerprint density at radius 2 is 1.90 bits per heavy atom. The number of nitrogens with one attached hydrogen (secondary N) is 1. The summed E-state index contributed by atoms with van der Waals surface area (Å²) in [4.78, 5) is 2.65. The number of rotatable bonds is 3. The van der Waals surface area contributed by atoms with Crippen molar-refractivity contribution in [2.75, 3.05) is 26.2 Å². The van der Waals surface area contributed by atoms with Gasteiger partial charge in [0.25, 0.3) is 0 Å². The zero-order chi connectivity index (χ0) is 13.8. The van der Waals surface area contributed by atoms with Gasteiger partial charge in [-0.1, -0.05) is 38.0 Å². The lowest BCUT2D eigenvalue weighted by molar-refractivity contribution is 0.0888. The number of hydrogen-bond donors (Lipinski definition) is 1. The third-order valence-electron chi connectivity index (χ3n) is 4.58. The van der Waals surface area contributed by atoms with Crippen molar-refractivity contribution < 1.29 is 4.74 Å². The van der Waals surface area contributed by atoms with Gasteiger partial charge in [0.1, 0.15) is 12.4 Å². The predicted molar refractivity (Wildman–Crippen MR) is 82.2 cm³/mol. The Labute approximate surface area is 122 Å². The average molecular weight is 274 g/mol. The van der Waals surface area contributed by atoms with Crippen molar-refractivity contribution in [3.8, 4) is 5.75 Å². The molecular weight excluding hydrogens is 248 g/mol. The van der Waals surface area contributed by atoms with Gasteiger partial charge in [-0.3, -0.25) is 4.90 Å². The first-order valence-electron chi connectivity index (χ1n) is 8.09. The lowest BCUT2D eigenvalue weighted by atomic mass is 9.94. The van der Waals surface area contributed by atoms with Gasteiger partial charge in [-0.25, -0.2) is 0 Å². The van der Waals surface area contributed by atoms with Crippen LogP contribution in [0.25, 0.3) is 0 Å². The molecule has 2 heterocycles. The van der Waals surface area contributed by atoms with Gasteiger partial charge in [0.05, 0.1) is 12.1 Å². The Morgan fingerprint density at radius 1 is 1.15 bits per heavy atom. The van der Waals surface area contributed by atoms with E-state index in [0.717, 1.165) is 18.9 Å². The van der Waals surface area contributed by atoms with Crippen molar-refractivity contribution in [1.29, 1.82) is 0 Å². The molecule has 0 bridgehead atoms. The number of fused-ring (bicyclic) bond motifs is 1. The van der Waals surface area contributed by atoms with Gasteiger partial charge in [-0.2, -0.15) is 0 Å². The summed E-state index contributed by atoms with van der Waals surface area (Å²) in [5.41, 5.74) is 1.33. The molecule has 2 aliphatic rings. The highest BCUT2D eigenvalue weighted by Gasteiger charge is 2.34. The van der Waals surface area contributed by atoms with Gasteiger partial charge >= 0.3 is 0 Å². The standard InChI is InChI=1S/C17H26N2O/c1-2-18-17-14-9-5-6-10-16(14)20-13-15(17)19-11-7-3-4-8-12-19/h5-6,9-10,15,17-18H,2-4,7-8,11-13H2,1H3. The van der Waals surface area contributed by atoms with Crippen molar-refractivity contribution in [3.63, 3.8) is 0 Å². The van der Waals surface area contributed by atoms with Gasteiger partial charge in [0.15, 0.2) is 0 Å². The molecule has 1 aromatic rings. The van der Waals surface area contributed by atoms with Gasteiger partial charge in [0.2, 0.25) is 0 Å². The number of ether oxygens (including phenoxy) is 1. The smallest absolute Gasteiger partial charge is 0.124 e. The second kappa shape index (κ2) is 6.59. The first-order valence-corrected chi connectivity index (χ1v) is 8.09. The number of benzene rings is 1. The predicted octanol–water partition coefficient (Wildman–Crippen LogP) is 2.97. The Hall–Kier alpha value is -1.06. The summed E-state index contributed by atoms with van der Waals surface area (Å²) in [6, 6.07) is 9.38. The number of hydrogen-bond acceptors (Lipinski definition) is 3. The summed E-state index contributed by atoms with van der Waals surface area (Å²) in [5.74, 6) is 1.06. The van der Waals surface area contributed by atoms with Crippen molar-refractivity contribution in [1.82, 2.24) is 10.2 Å². The second-order valence-corrected chi connectivity index (χ2v) is 5.90. The number of nitrogens with zero attached hydrogens (tertiary/aromatic N) is 1. The third kappa shape index (κ3) is 2.84. The topological polar surface area (TPSA) is 24.5 Å². The summed E-state index contributed by atoms with van der Waals surface area (Å²) in [6.45, 7) is 6.45. The van der Waals surface area contributed by atoms with Crippen LogP contribution in [0, 0.1) is 0 Å². The zero-order valence-electron chi connectivity index (χ0n) is 12.5. The summed E-state index contributed by atoms with van der Waals surface area (Å²) < 4.78 is 6.03. The van der Waals surface area contributed by atoms with E-state index in [1.165, 1.54) is 44.3 Å². The molecule has 1 N–H and O–H groups in total. The van der Waals surface area contributed by atoms with Gasteiger partial charge < -0.3 is 10.1 Å².